The van der Waals surface area contributed by atoms with Gasteiger partial charge in [0.2, 0.25) is 5.95 Å². The molecule has 3 saturated heterocycles. The summed E-state index contributed by atoms with van der Waals surface area (Å²) in [6, 6.07) is 1.65. The number of furan rings is 1. The van der Waals surface area contributed by atoms with E-state index in [4.69, 9.17) is 9.15 Å². The van der Waals surface area contributed by atoms with Crippen LogP contribution in [0, 0.1) is 17.7 Å². The second-order valence-corrected chi connectivity index (χ2v) is 7.75. The van der Waals surface area contributed by atoms with Gasteiger partial charge in [0.1, 0.15) is 6.26 Å². The standard InChI is InChI=1S/C19H22FN5O3/c1-21-16-14(20)7-23-18(24-16)25-8-13-12(15-2-4-19(13,10-25)28-15)6-22-17(26)11-3-5-27-9-11/h3,5,7,9,12-13,15H,2,4,6,8,10H2,1H3,(H,22,26)(H,21,23,24)/t12-,13+,15+,19+/m0/s1. The molecule has 0 aliphatic carbocycles. The molecule has 9 heteroatoms. The van der Waals surface area contributed by atoms with Gasteiger partial charge in [0.15, 0.2) is 11.6 Å². The first kappa shape index (κ1) is 17.4. The van der Waals surface area contributed by atoms with Gasteiger partial charge in [0.25, 0.3) is 5.91 Å². The molecule has 0 unspecified atom stereocenters. The van der Waals surface area contributed by atoms with E-state index in [0.717, 1.165) is 19.4 Å². The third-order valence-electron chi connectivity index (χ3n) is 6.32. The van der Waals surface area contributed by atoms with Crippen molar-refractivity contribution in [3.05, 3.63) is 36.2 Å². The number of ether oxygens (including phenoxy) is 1. The van der Waals surface area contributed by atoms with E-state index in [-0.39, 0.29) is 35.3 Å². The fourth-order valence-electron chi connectivity index (χ4n) is 5.01. The molecule has 2 aromatic rings. The van der Waals surface area contributed by atoms with E-state index < -0.39 is 5.82 Å². The normalized spacial score (nSPS) is 30.5. The van der Waals surface area contributed by atoms with Crippen molar-refractivity contribution in [2.24, 2.45) is 11.8 Å². The molecule has 1 spiro atoms. The molecule has 2 aromatic heterocycles. The van der Waals surface area contributed by atoms with E-state index in [1.165, 1.54) is 18.7 Å². The molecule has 148 valence electrons. The van der Waals surface area contributed by atoms with Gasteiger partial charge in [0, 0.05) is 32.0 Å². The molecule has 1 amide bonds. The Labute approximate surface area is 161 Å². The maximum Gasteiger partial charge on any atom is 0.254 e. The monoisotopic (exact) mass is 387 g/mol. The highest BCUT2D eigenvalue weighted by Gasteiger charge is 2.63. The third kappa shape index (κ3) is 2.64. The van der Waals surface area contributed by atoms with Gasteiger partial charge in [0.05, 0.1) is 36.3 Å². The van der Waals surface area contributed by atoms with Crippen LogP contribution in [-0.2, 0) is 4.74 Å². The van der Waals surface area contributed by atoms with Gasteiger partial charge in [-0.3, -0.25) is 4.79 Å². The summed E-state index contributed by atoms with van der Waals surface area (Å²) < 4.78 is 25.1. The number of nitrogens with one attached hydrogen (secondary N) is 2. The van der Waals surface area contributed by atoms with E-state index in [2.05, 4.69) is 25.5 Å². The van der Waals surface area contributed by atoms with Crippen molar-refractivity contribution >= 4 is 17.7 Å². The first-order chi connectivity index (χ1) is 13.6. The Kier molecular flexibility index (Phi) is 4.01. The summed E-state index contributed by atoms with van der Waals surface area (Å²) in [7, 11) is 1.63. The Morgan fingerprint density at radius 3 is 3.18 bits per heavy atom. The van der Waals surface area contributed by atoms with Crippen LogP contribution in [0.15, 0.2) is 29.2 Å². The minimum absolute atomic E-state index is 0.138. The Morgan fingerprint density at radius 1 is 1.50 bits per heavy atom. The lowest BCUT2D eigenvalue weighted by atomic mass is 9.73. The number of rotatable bonds is 5. The average molecular weight is 387 g/mol. The molecule has 0 aromatic carbocycles. The van der Waals surface area contributed by atoms with Crippen LogP contribution in [0.1, 0.15) is 23.2 Å². The zero-order valence-electron chi connectivity index (χ0n) is 15.5. The Balaban J connectivity index is 1.32. The van der Waals surface area contributed by atoms with Crippen LogP contribution < -0.4 is 15.5 Å². The van der Waals surface area contributed by atoms with E-state index in [0.29, 0.717) is 24.6 Å². The highest BCUT2D eigenvalue weighted by Crippen LogP contribution is 2.55. The molecule has 3 fully saturated rings. The number of hydrogen-bond acceptors (Lipinski definition) is 7. The minimum Gasteiger partial charge on any atom is -0.472 e. The van der Waals surface area contributed by atoms with Crippen molar-refractivity contribution < 1.29 is 18.3 Å². The lowest BCUT2D eigenvalue weighted by Crippen LogP contribution is -2.41. The Morgan fingerprint density at radius 2 is 2.39 bits per heavy atom. The summed E-state index contributed by atoms with van der Waals surface area (Å²) in [4.78, 5) is 22.8. The Bertz CT molecular complexity index is 892. The maximum absolute atomic E-state index is 13.7. The summed E-state index contributed by atoms with van der Waals surface area (Å²) in [5, 5.41) is 5.77. The quantitative estimate of drug-likeness (QED) is 0.806. The van der Waals surface area contributed by atoms with Crippen molar-refractivity contribution in [2.45, 2.75) is 24.5 Å². The largest absolute Gasteiger partial charge is 0.472 e. The van der Waals surface area contributed by atoms with Gasteiger partial charge in [-0.15, -0.1) is 0 Å². The molecule has 4 atom stereocenters. The van der Waals surface area contributed by atoms with E-state index in [1.54, 1.807) is 13.1 Å². The van der Waals surface area contributed by atoms with Crippen LogP contribution in [0.2, 0.25) is 0 Å². The number of fused-ring (bicyclic) bond motifs is 1. The maximum atomic E-state index is 13.7. The topological polar surface area (TPSA) is 92.5 Å². The number of aromatic nitrogens is 2. The number of carbonyl (C=O) groups excluding carboxylic acids is 1. The fraction of sp³-hybridized carbons (Fsp3) is 0.526. The number of hydrogen-bond donors (Lipinski definition) is 2. The highest BCUT2D eigenvalue weighted by atomic mass is 19.1. The second-order valence-electron chi connectivity index (χ2n) is 7.75. The number of halogens is 1. The molecule has 5 heterocycles. The predicted octanol–water partition coefficient (Wildman–Crippen LogP) is 1.66. The number of anilines is 2. The molecule has 0 radical (unpaired) electrons. The average Bonchev–Trinajstić information content (AvgIpc) is 3.46. The van der Waals surface area contributed by atoms with Crippen molar-refractivity contribution in [3.63, 3.8) is 0 Å². The fourth-order valence-corrected chi connectivity index (χ4v) is 5.01. The molecule has 28 heavy (non-hydrogen) atoms. The van der Waals surface area contributed by atoms with Gasteiger partial charge in [-0.25, -0.2) is 9.37 Å². The SMILES string of the molecule is CNc1nc(N2C[C@@H]3[C@H](CNC(=O)c4ccoc4)[C@H]4CC[C@]3(C2)O4)ncc1F. The summed E-state index contributed by atoms with van der Waals surface area (Å²) in [6.07, 6.45) is 6.27. The zero-order valence-corrected chi connectivity index (χ0v) is 15.5. The van der Waals surface area contributed by atoms with Crippen LogP contribution in [0.5, 0.6) is 0 Å². The first-order valence-electron chi connectivity index (χ1n) is 9.53. The molecule has 3 aliphatic heterocycles. The summed E-state index contributed by atoms with van der Waals surface area (Å²) in [5.74, 6) is 0.597. The summed E-state index contributed by atoms with van der Waals surface area (Å²) in [6.45, 7) is 1.98. The molecule has 2 bridgehead atoms. The molecule has 8 nitrogen and oxygen atoms in total. The predicted molar refractivity (Wildman–Crippen MR) is 98.6 cm³/mol. The van der Waals surface area contributed by atoms with E-state index in [1.807, 2.05) is 0 Å². The van der Waals surface area contributed by atoms with Crippen LogP contribution in [-0.4, -0.2) is 54.3 Å². The summed E-state index contributed by atoms with van der Waals surface area (Å²) in [5.41, 5.74) is 0.291. The van der Waals surface area contributed by atoms with Gasteiger partial charge in [-0.1, -0.05) is 0 Å². The zero-order chi connectivity index (χ0) is 19.3. The van der Waals surface area contributed by atoms with E-state index >= 15 is 0 Å². The van der Waals surface area contributed by atoms with Gasteiger partial charge in [-0.05, 0) is 18.9 Å². The highest BCUT2D eigenvalue weighted by molar-refractivity contribution is 5.93. The van der Waals surface area contributed by atoms with Gasteiger partial charge < -0.3 is 24.7 Å². The number of amides is 1. The van der Waals surface area contributed by atoms with Crippen LogP contribution in [0.4, 0.5) is 16.2 Å². The molecular weight excluding hydrogens is 365 g/mol. The van der Waals surface area contributed by atoms with E-state index in [9.17, 15) is 9.18 Å². The van der Waals surface area contributed by atoms with Crippen molar-refractivity contribution in [3.8, 4) is 0 Å². The van der Waals surface area contributed by atoms with Crippen molar-refractivity contribution in [1.29, 1.82) is 0 Å². The second kappa shape index (κ2) is 6.44. The third-order valence-corrected chi connectivity index (χ3v) is 6.32. The number of nitrogens with zero attached hydrogens (tertiary/aromatic N) is 3. The van der Waals surface area contributed by atoms with Crippen LogP contribution >= 0.6 is 0 Å². The molecule has 3 aliphatic rings. The lowest BCUT2D eigenvalue weighted by molar-refractivity contribution is 0.0141. The minimum atomic E-state index is -0.471. The molecule has 0 saturated carbocycles. The van der Waals surface area contributed by atoms with Crippen LogP contribution in [0.3, 0.4) is 0 Å². The van der Waals surface area contributed by atoms with Gasteiger partial charge in [-0.2, -0.15) is 4.98 Å². The lowest BCUT2D eigenvalue weighted by Gasteiger charge is -2.29. The Hall–Kier alpha value is -2.68. The molecular formula is C19H22FN5O3. The first-order valence-corrected chi connectivity index (χ1v) is 9.53. The van der Waals surface area contributed by atoms with Crippen molar-refractivity contribution in [2.75, 3.05) is 36.9 Å². The van der Waals surface area contributed by atoms with Crippen molar-refractivity contribution in [1.82, 2.24) is 15.3 Å². The molecule has 5 rings (SSSR count). The van der Waals surface area contributed by atoms with Crippen LogP contribution in [0.25, 0.3) is 0 Å². The molecule has 2 N–H and O–H groups in total. The van der Waals surface area contributed by atoms with Gasteiger partial charge >= 0.3 is 0 Å². The summed E-state index contributed by atoms with van der Waals surface area (Å²) >= 11 is 0. The number of carbonyl (C=O) groups is 1. The smallest absolute Gasteiger partial charge is 0.254 e.